The summed E-state index contributed by atoms with van der Waals surface area (Å²) in [5.41, 5.74) is 0. The molecule has 6 heteroatoms. The van der Waals surface area contributed by atoms with Crippen LogP contribution in [0, 0.1) is 5.92 Å². The van der Waals surface area contributed by atoms with Gasteiger partial charge in [-0.2, -0.15) is 0 Å². The van der Waals surface area contributed by atoms with Crippen molar-refractivity contribution in [2.45, 2.75) is 75.6 Å². The quantitative estimate of drug-likeness (QED) is 0.845. The van der Waals surface area contributed by atoms with Crippen molar-refractivity contribution in [3.63, 3.8) is 0 Å². The van der Waals surface area contributed by atoms with E-state index in [1.165, 1.54) is 32.2 Å². The molecular formula is C17H30N2O3S. The lowest BCUT2D eigenvalue weighted by Gasteiger charge is -2.44. The maximum Gasteiger partial charge on any atom is 0.238 e. The van der Waals surface area contributed by atoms with E-state index in [9.17, 15) is 13.2 Å². The number of carbonyl (C=O) groups is 1. The second kappa shape index (κ2) is 7.09. The summed E-state index contributed by atoms with van der Waals surface area (Å²) in [4.78, 5) is 15.0. The van der Waals surface area contributed by atoms with Crippen LogP contribution < -0.4 is 5.32 Å². The van der Waals surface area contributed by atoms with Gasteiger partial charge in [-0.15, -0.1) is 0 Å². The predicted octanol–water partition coefficient (Wildman–Crippen LogP) is 1.72. The SMILES string of the molecule is CC(NC(=O)C1CCCCS1(=O)=O)C1CCCN(C2CCC2)C1. The van der Waals surface area contributed by atoms with Crippen LogP contribution in [-0.2, 0) is 14.6 Å². The van der Waals surface area contributed by atoms with Crippen molar-refractivity contribution in [1.82, 2.24) is 10.2 Å². The van der Waals surface area contributed by atoms with E-state index in [2.05, 4.69) is 10.2 Å². The van der Waals surface area contributed by atoms with Gasteiger partial charge in [0, 0.05) is 18.6 Å². The normalized spacial score (nSPS) is 33.6. The Morgan fingerprint density at radius 1 is 1.09 bits per heavy atom. The molecule has 3 rings (SSSR count). The number of piperidine rings is 1. The number of hydrogen-bond acceptors (Lipinski definition) is 4. The van der Waals surface area contributed by atoms with E-state index >= 15 is 0 Å². The van der Waals surface area contributed by atoms with Crippen LogP contribution in [0.1, 0.15) is 58.3 Å². The van der Waals surface area contributed by atoms with Crippen LogP contribution in [0.2, 0.25) is 0 Å². The highest BCUT2D eigenvalue weighted by Gasteiger charge is 2.37. The van der Waals surface area contributed by atoms with Crippen LogP contribution in [0.5, 0.6) is 0 Å². The fourth-order valence-corrected chi connectivity index (χ4v) is 6.03. The molecule has 2 heterocycles. The second-order valence-corrected chi connectivity index (χ2v) is 9.93. The first-order chi connectivity index (χ1) is 11.0. The molecule has 0 radical (unpaired) electrons. The van der Waals surface area contributed by atoms with Gasteiger partial charge in [0.15, 0.2) is 9.84 Å². The molecule has 2 saturated heterocycles. The fourth-order valence-electron chi connectivity index (χ4n) is 4.22. The van der Waals surface area contributed by atoms with Crippen molar-refractivity contribution >= 4 is 15.7 Å². The summed E-state index contributed by atoms with van der Waals surface area (Å²) in [5.74, 6) is 0.343. The van der Waals surface area contributed by atoms with Crippen molar-refractivity contribution < 1.29 is 13.2 Å². The van der Waals surface area contributed by atoms with E-state index in [-0.39, 0.29) is 17.7 Å². The Bertz CT molecular complexity index is 530. The summed E-state index contributed by atoms with van der Waals surface area (Å²) < 4.78 is 24.2. The third-order valence-electron chi connectivity index (χ3n) is 6.03. The molecule has 1 aliphatic carbocycles. The van der Waals surface area contributed by atoms with E-state index in [1.807, 2.05) is 6.92 Å². The van der Waals surface area contributed by atoms with Gasteiger partial charge in [-0.1, -0.05) is 12.8 Å². The van der Waals surface area contributed by atoms with Crippen molar-refractivity contribution in [2.24, 2.45) is 5.92 Å². The molecule has 3 atom stereocenters. The number of likely N-dealkylation sites (tertiary alicyclic amines) is 1. The molecule has 1 N–H and O–H groups in total. The Kier molecular flexibility index (Phi) is 5.31. The van der Waals surface area contributed by atoms with Gasteiger partial charge in [0.1, 0.15) is 5.25 Å². The van der Waals surface area contributed by atoms with E-state index in [1.54, 1.807) is 0 Å². The molecule has 3 fully saturated rings. The molecule has 2 aliphatic heterocycles. The molecule has 23 heavy (non-hydrogen) atoms. The van der Waals surface area contributed by atoms with Gasteiger partial charge in [0.2, 0.25) is 5.91 Å². The predicted molar refractivity (Wildman–Crippen MR) is 91.0 cm³/mol. The number of nitrogens with one attached hydrogen (secondary N) is 1. The number of hydrogen-bond donors (Lipinski definition) is 1. The molecule has 132 valence electrons. The van der Waals surface area contributed by atoms with E-state index in [4.69, 9.17) is 0 Å². The molecular weight excluding hydrogens is 312 g/mol. The number of rotatable bonds is 4. The standard InChI is InChI=1S/C17H30N2O3S/c1-13(14-6-5-10-19(12-14)15-7-4-8-15)18-17(20)16-9-2-3-11-23(16,21)22/h13-16H,2-12H2,1H3,(H,18,20). The molecule has 0 aromatic carbocycles. The summed E-state index contributed by atoms with van der Waals surface area (Å²) in [7, 11) is -3.24. The lowest BCUT2D eigenvalue weighted by molar-refractivity contribution is -0.122. The van der Waals surface area contributed by atoms with Crippen LogP contribution in [-0.4, -0.2) is 55.4 Å². The van der Waals surface area contributed by atoms with E-state index < -0.39 is 15.1 Å². The second-order valence-electron chi connectivity index (χ2n) is 7.63. The Morgan fingerprint density at radius 2 is 1.87 bits per heavy atom. The Balaban J connectivity index is 1.55. The Labute approximate surface area is 140 Å². The first-order valence-electron chi connectivity index (χ1n) is 9.23. The zero-order chi connectivity index (χ0) is 16.4. The Hall–Kier alpha value is -0.620. The average Bonchev–Trinajstić information content (AvgIpc) is 2.45. The van der Waals surface area contributed by atoms with Crippen molar-refractivity contribution in [3.05, 3.63) is 0 Å². The zero-order valence-electron chi connectivity index (χ0n) is 14.2. The van der Waals surface area contributed by atoms with Gasteiger partial charge in [0.25, 0.3) is 0 Å². The van der Waals surface area contributed by atoms with E-state index in [0.717, 1.165) is 25.4 Å². The third kappa shape index (κ3) is 3.90. The molecule has 3 unspecified atom stereocenters. The maximum atomic E-state index is 12.4. The number of nitrogens with zero attached hydrogens (tertiary/aromatic N) is 1. The minimum absolute atomic E-state index is 0.0579. The molecule has 3 aliphatic rings. The highest BCUT2D eigenvalue weighted by molar-refractivity contribution is 7.92. The number of amides is 1. The molecule has 0 aromatic heterocycles. The average molecular weight is 343 g/mol. The minimum atomic E-state index is -3.24. The lowest BCUT2D eigenvalue weighted by atomic mass is 9.85. The van der Waals surface area contributed by atoms with Crippen LogP contribution in [0.4, 0.5) is 0 Å². The van der Waals surface area contributed by atoms with E-state index in [0.29, 0.717) is 18.8 Å². The van der Waals surface area contributed by atoms with Crippen LogP contribution in [0.3, 0.4) is 0 Å². The van der Waals surface area contributed by atoms with Crippen molar-refractivity contribution in [1.29, 1.82) is 0 Å². The summed E-state index contributed by atoms with van der Waals surface area (Å²) >= 11 is 0. The van der Waals surface area contributed by atoms with Crippen LogP contribution in [0.15, 0.2) is 0 Å². The highest BCUT2D eigenvalue weighted by atomic mass is 32.2. The van der Waals surface area contributed by atoms with Gasteiger partial charge in [-0.25, -0.2) is 8.42 Å². The monoisotopic (exact) mass is 342 g/mol. The van der Waals surface area contributed by atoms with Gasteiger partial charge < -0.3 is 10.2 Å². The summed E-state index contributed by atoms with van der Waals surface area (Å²) in [6.45, 7) is 4.27. The first kappa shape index (κ1) is 17.2. The number of carbonyl (C=O) groups excluding carboxylic acids is 1. The minimum Gasteiger partial charge on any atom is -0.352 e. The third-order valence-corrected chi connectivity index (χ3v) is 8.20. The molecule has 0 bridgehead atoms. The lowest BCUT2D eigenvalue weighted by Crippen LogP contribution is -2.53. The van der Waals surface area contributed by atoms with Crippen LogP contribution in [0.25, 0.3) is 0 Å². The number of sulfone groups is 1. The smallest absolute Gasteiger partial charge is 0.238 e. The first-order valence-corrected chi connectivity index (χ1v) is 10.9. The highest BCUT2D eigenvalue weighted by Crippen LogP contribution is 2.30. The molecule has 1 saturated carbocycles. The zero-order valence-corrected chi connectivity index (χ0v) is 15.0. The van der Waals surface area contributed by atoms with Crippen molar-refractivity contribution in [3.8, 4) is 0 Å². The maximum absolute atomic E-state index is 12.4. The molecule has 0 aromatic rings. The largest absolute Gasteiger partial charge is 0.352 e. The van der Waals surface area contributed by atoms with Gasteiger partial charge in [-0.3, -0.25) is 4.79 Å². The fraction of sp³-hybridized carbons (Fsp3) is 0.941. The van der Waals surface area contributed by atoms with Crippen LogP contribution >= 0.6 is 0 Å². The summed E-state index contributed by atoms with van der Waals surface area (Å²) in [5, 5.41) is 2.21. The molecule has 5 nitrogen and oxygen atoms in total. The van der Waals surface area contributed by atoms with Gasteiger partial charge >= 0.3 is 0 Å². The summed E-state index contributed by atoms with van der Waals surface area (Å²) in [6, 6.07) is 0.807. The molecule has 1 amide bonds. The molecule has 0 spiro atoms. The topological polar surface area (TPSA) is 66.5 Å². The summed E-state index contributed by atoms with van der Waals surface area (Å²) in [6.07, 6.45) is 8.30. The Morgan fingerprint density at radius 3 is 2.52 bits per heavy atom. The van der Waals surface area contributed by atoms with Gasteiger partial charge in [-0.05, 0) is 57.9 Å². The van der Waals surface area contributed by atoms with Crippen molar-refractivity contribution in [2.75, 3.05) is 18.8 Å². The van der Waals surface area contributed by atoms with Gasteiger partial charge in [0.05, 0.1) is 5.75 Å².